The third-order valence-electron chi connectivity index (χ3n) is 8.44. The Kier molecular flexibility index (Phi) is 5.12. The molecule has 2 heteroatoms. The maximum atomic E-state index is 5.07. The molecule has 1 aliphatic rings. The Labute approximate surface area is 233 Å². The molecule has 5 aromatic carbocycles. The van der Waals surface area contributed by atoms with Gasteiger partial charge in [0.1, 0.15) is 0 Å². The molecule has 0 fully saturated rings. The van der Waals surface area contributed by atoms with E-state index in [2.05, 4.69) is 116 Å². The quantitative estimate of drug-likeness (QED) is 0.221. The van der Waals surface area contributed by atoms with E-state index in [0.717, 1.165) is 46.0 Å². The maximum Gasteiger partial charge on any atom is 0.0974 e. The van der Waals surface area contributed by atoms with E-state index in [1.807, 2.05) is 6.92 Å². The van der Waals surface area contributed by atoms with E-state index >= 15 is 0 Å². The zero-order chi connectivity index (χ0) is 26.8. The molecule has 2 aromatic heterocycles. The average molecular weight is 513 g/mol. The molecule has 2 nitrogen and oxygen atoms in total. The molecular weight excluding hydrogens is 484 g/mol. The summed E-state index contributed by atoms with van der Waals surface area (Å²) >= 11 is 0. The van der Waals surface area contributed by atoms with Gasteiger partial charge in [0.2, 0.25) is 0 Å². The number of hydrogen-bond donors (Lipinski definition) is 0. The molecule has 0 N–H and O–H groups in total. The van der Waals surface area contributed by atoms with Crippen molar-refractivity contribution in [1.82, 2.24) is 9.97 Å². The zero-order valence-electron chi connectivity index (χ0n) is 22.7. The van der Waals surface area contributed by atoms with Crippen molar-refractivity contribution >= 4 is 55.0 Å². The number of benzene rings is 5. The number of fused-ring (bicyclic) bond motifs is 3. The Morgan fingerprint density at radius 2 is 1.40 bits per heavy atom. The van der Waals surface area contributed by atoms with Gasteiger partial charge in [-0.05, 0) is 92.6 Å². The predicted molar refractivity (Wildman–Crippen MR) is 169 cm³/mol. The van der Waals surface area contributed by atoms with Gasteiger partial charge in [-0.2, -0.15) is 0 Å². The van der Waals surface area contributed by atoms with Gasteiger partial charge < -0.3 is 0 Å². The van der Waals surface area contributed by atoms with Crippen molar-refractivity contribution in [1.29, 1.82) is 0 Å². The smallest absolute Gasteiger partial charge is 0.0974 e. The first-order chi connectivity index (χ1) is 19.7. The topological polar surface area (TPSA) is 25.8 Å². The Hall–Kier alpha value is -4.82. The van der Waals surface area contributed by atoms with Crippen LogP contribution in [-0.2, 0) is 6.42 Å². The van der Waals surface area contributed by atoms with Crippen LogP contribution >= 0.6 is 0 Å². The molecule has 0 amide bonds. The molecule has 2 heterocycles. The van der Waals surface area contributed by atoms with Crippen molar-refractivity contribution in [2.75, 3.05) is 0 Å². The van der Waals surface area contributed by atoms with Gasteiger partial charge in [-0.1, -0.05) is 97.9 Å². The minimum Gasteiger partial charge on any atom is -0.251 e. The number of aromatic nitrogens is 2. The highest BCUT2D eigenvalue weighted by atomic mass is 14.8. The van der Waals surface area contributed by atoms with Crippen LogP contribution in [0.3, 0.4) is 0 Å². The monoisotopic (exact) mass is 512 g/mol. The van der Waals surface area contributed by atoms with Crippen LogP contribution in [0.1, 0.15) is 35.9 Å². The first-order valence-electron chi connectivity index (χ1n) is 14.1. The summed E-state index contributed by atoms with van der Waals surface area (Å²) in [5.41, 5.74) is 10.3. The van der Waals surface area contributed by atoms with E-state index in [4.69, 9.17) is 9.97 Å². The van der Waals surface area contributed by atoms with Crippen LogP contribution in [0.2, 0.25) is 0 Å². The largest absolute Gasteiger partial charge is 0.251 e. The van der Waals surface area contributed by atoms with Crippen LogP contribution in [0, 0.1) is 6.92 Å². The summed E-state index contributed by atoms with van der Waals surface area (Å²) in [7, 11) is 0. The number of rotatable bonds is 3. The van der Waals surface area contributed by atoms with Gasteiger partial charge in [-0.15, -0.1) is 0 Å². The fraction of sp³-hybridized carbons (Fsp3) is 0.105. The standard InChI is InChI=1S/C38H28N2/c1-3-30-22-34(33-20-18-27-14-13-23(2)39-37(27)38(33)40-30)29-11-5-10-28(21-29)31-12-6-9-26-16-15-24-7-4-8-25-17-19-32(31)36(26)35(24)25/h4-5,7-22H,3,6H2,1-2H3. The lowest BCUT2D eigenvalue weighted by atomic mass is 9.88. The van der Waals surface area contributed by atoms with Gasteiger partial charge >= 0.3 is 0 Å². The lowest BCUT2D eigenvalue weighted by molar-refractivity contribution is 1.06. The van der Waals surface area contributed by atoms with Crippen molar-refractivity contribution in [3.05, 3.63) is 131 Å². The number of pyridine rings is 2. The van der Waals surface area contributed by atoms with Crippen LogP contribution < -0.4 is 5.22 Å². The third kappa shape index (κ3) is 3.49. The van der Waals surface area contributed by atoms with Crippen molar-refractivity contribution in [2.24, 2.45) is 0 Å². The van der Waals surface area contributed by atoms with Crippen molar-refractivity contribution in [2.45, 2.75) is 26.7 Å². The fourth-order valence-electron chi connectivity index (χ4n) is 6.49. The number of hydrogen-bond acceptors (Lipinski definition) is 2. The van der Waals surface area contributed by atoms with Gasteiger partial charge in [0, 0.05) is 22.2 Å². The summed E-state index contributed by atoms with van der Waals surface area (Å²) in [4.78, 5) is 9.97. The van der Waals surface area contributed by atoms with Crippen molar-refractivity contribution in [3.8, 4) is 11.1 Å². The van der Waals surface area contributed by atoms with Crippen molar-refractivity contribution < 1.29 is 0 Å². The highest BCUT2D eigenvalue weighted by molar-refractivity contribution is 6.15. The molecular formula is C38H28N2. The van der Waals surface area contributed by atoms with Crippen LogP contribution in [-0.4, -0.2) is 9.97 Å². The first kappa shape index (κ1) is 23.1. The molecule has 0 saturated heterocycles. The van der Waals surface area contributed by atoms with E-state index in [1.54, 1.807) is 0 Å². The highest BCUT2D eigenvalue weighted by Gasteiger charge is 2.17. The van der Waals surface area contributed by atoms with Gasteiger partial charge in [0.05, 0.1) is 11.0 Å². The van der Waals surface area contributed by atoms with E-state index in [0.29, 0.717) is 0 Å². The average Bonchev–Trinajstić information content (AvgIpc) is 3.20. The number of aryl methyl sites for hydroxylation is 2. The summed E-state index contributed by atoms with van der Waals surface area (Å²) < 4.78 is 0. The summed E-state index contributed by atoms with van der Waals surface area (Å²) in [6, 6.07) is 35.7. The second-order valence-corrected chi connectivity index (χ2v) is 10.9. The van der Waals surface area contributed by atoms with Gasteiger partial charge in [0.15, 0.2) is 0 Å². The Morgan fingerprint density at radius 3 is 2.27 bits per heavy atom. The summed E-state index contributed by atoms with van der Waals surface area (Å²) in [5, 5.41) is 8.92. The summed E-state index contributed by atoms with van der Waals surface area (Å²) in [6.07, 6.45) is 6.54. The summed E-state index contributed by atoms with van der Waals surface area (Å²) in [6.45, 7) is 4.22. The third-order valence-corrected chi connectivity index (χ3v) is 8.44. The molecule has 190 valence electrons. The van der Waals surface area contributed by atoms with E-state index in [-0.39, 0.29) is 0 Å². The molecule has 0 radical (unpaired) electrons. The van der Waals surface area contributed by atoms with Crippen LogP contribution in [0.25, 0.3) is 66.1 Å². The van der Waals surface area contributed by atoms with Gasteiger partial charge in [0.25, 0.3) is 0 Å². The molecule has 0 spiro atoms. The summed E-state index contributed by atoms with van der Waals surface area (Å²) in [5.74, 6) is 0. The molecule has 7 aromatic rings. The Balaban J connectivity index is 1.35. The minimum absolute atomic E-state index is 0.876. The van der Waals surface area contributed by atoms with E-state index < -0.39 is 0 Å². The lowest BCUT2D eigenvalue weighted by Gasteiger charge is -2.16. The molecule has 0 unspecified atom stereocenters. The maximum absolute atomic E-state index is 5.07. The second kappa shape index (κ2) is 8.86. The molecule has 0 aliphatic heterocycles. The van der Waals surface area contributed by atoms with Crippen LogP contribution in [0.4, 0.5) is 0 Å². The molecule has 0 saturated carbocycles. The molecule has 0 bridgehead atoms. The van der Waals surface area contributed by atoms with E-state index in [1.165, 1.54) is 54.6 Å². The Morgan fingerprint density at radius 1 is 0.625 bits per heavy atom. The van der Waals surface area contributed by atoms with Gasteiger partial charge in [-0.25, -0.2) is 0 Å². The first-order valence-corrected chi connectivity index (χ1v) is 14.1. The zero-order valence-corrected chi connectivity index (χ0v) is 22.7. The highest BCUT2D eigenvalue weighted by Crippen LogP contribution is 2.38. The molecule has 0 atom stereocenters. The van der Waals surface area contributed by atoms with Crippen LogP contribution in [0.5, 0.6) is 0 Å². The van der Waals surface area contributed by atoms with E-state index in [9.17, 15) is 0 Å². The number of allylic oxidation sites excluding steroid dienone is 1. The normalized spacial score (nSPS) is 13.1. The minimum atomic E-state index is 0.876. The van der Waals surface area contributed by atoms with Crippen molar-refractivity contribution in [3.63, 3.8) is 0 Å². The predicted octanol–water partition coefficient (Wildman–Crippen LogP) is 8.96. The fourth-order valence-corrected chi connectivity index (χ4v) is 6.49. The molecule has 40 heavy (non-hydrogen) atoms. The SMILES string of the molecule is CCc1cc(-c2cccc(C3=CCC=c4ccc5cccc6ccc3c4c65)c2)c2ccc3ccc(C)nc3c2n1. The van der Waals surface area contributed by atoms with Crippen LogP contribution in [0.15, 0.2) is 103 Å². The van der Waals surface area contributed by atoms with Gasteiger partial charge in [-0.3, -0.25) is 9.97 Å². The lowest BCUT2D eigenvalue weighted by Crippen LogP contribution is -2.04. The second-order valence-electron chi connectivity index (χ2n) is 10.9. The number of nitrogens with zero attached hydrogens (tertiary/aromatic N) is 2. The molecule has 8 rings (SSSR count). The Bertz CT molecular complexity index is 2220. The molecule has 1 aliphatic carbocycles.